The van der Waals surface area contributed by atoms with Crippen molar-refractivity contribution in [2.24, 2.45) is 4.99 Å². The van der Waals surface area contributed by atoms with Crippen molar-refractivity contribution in [2.45, 2.75) is 32.6 Å². The van der Waals surface area contributed by atoms with Gasteiger partial charge in [-0.05, 0) is 55.3 Å². The first-order valence-corrected chi connectivity index (χ1v) is 10.9. The summed E-state index contributed by atoms with van der Waals surface area (Å²) in [7, 11) is -3.54. The molecule has 0 bridgehead atoms. The van der Waals surface area contributed by atoms with Gasteiger partial charge < -0.3 is 4.74 Å². The van der Waals surface area contributed by atoms with Gasteiger partial charge in [0.2, 0.25) is 15.9 Å². The van der Waals surface area contributed by atoms with E-state index in [1.165, 1.54) is 16.4 Å². The first-order valence-electron chi connectivity index (χ1n) is 9.46. The van der Waals surface area contributed by atoms with Crippen LogP contribution in [0.2, 0.25) is 0 Å². The van der Waals surface area contributed by atoms with E-state index in [9.17, 15) is 13.2 Å². The van der Waals surface area contributed by atoms with Gasteiger partial charge in [0.25, 0.3) is 0 Å². The smallest absolute Gasteiger partial charge is 0.363 e. The molecule has 0 saturated heterocycles. The fraction of sp³-hybridized carbons (Fsp3) is 0.273. The molecule has 2 aromatic carbocycles. The molecule has 2 aromatic rings. The molecule has 152 valence electrons. The van der Waals surface area contributed by atoms with Crippen molar-refractivity contribution in [3.05, 3.63) is 70.4 Å². The summed E-state index contributed by atoms with van der Waals surface area (Å²) in [6, 6.07) is 12.2. The molecule has 0 unspecified atom stereocenters. The van der Waals surface area contributed by atoms with E-state index < -0.39 is 16.0 Å². The summed E-state index contributed by atoms with van der Waals surface area (Å²) in [5.74, 6) is -0.362. The van der Waals surface area contributed by atoms with Gasteiger partial charge in [0.05, 0.1) is 4.90 Å². The Balaban J connectivity index is 1.90. The van der Waals surface area contributed by atoms with Gasteiger partial charge in [-0.2, -0.15) is 4.31 Å². The van der Waals surface area contributed by atoms with E-state index in [2.05, 4.69) is 4.99 Å². The summed E-state index contributed by atoms with van der Waals surface area (Å²) in [5, 5.41) is 0. The van der Waals surface area contributed by atoms with Crippen molar-refractivity contribution >= 4 is 28.0 Å². The average Bonchev–Trinajstić information content (AvgIpc) is 3.06. The van der Waals surface area contributed by atoms with Crippen LogP contribution in [-0.2, 0) is 19.6 Å². The first kappa shape index (κ1) is 21.0. The molecule has 1 heterocycles. The molecule has 6 nitrogen and oxygen atoms in total. The highest BCUT2D eigenvalue weighted by atomic mass is 32.2. The Morgan fingerprint density at radius 1 is 1.03 bits per heavy atom. The van der Waals surface area contributed by atoms with Crippen LogP contribution in [0.1, 0.15) is 36.1 Å². The number of aryl methyl sites for hydroxylation is 2. The molecule has 0 aliphatic carbocycles. The van der Waals surface area contributed by atoms with E-state index in [1.54, 1.807) is 32.1 Å². The summed E-state index contributed by atoms with van der Waals surface area (Å²) >= 11 is 0. The molecule has 3 rings (SSSR count). The lowest BCUT2D eigenvalue weighted by atomic mass is 10.0. The number of hydrogen-bond donors (Lipinski definition) is 0. The van der Waals surface area contributed by atoms with Crippen LogP contribution in [0.3, 0.4) is 0 Å². The highest BCUT2D eigenvalue weighted by Gasteiger charge is 2.26. The van der Waals surface area contributed by atoms with Crippen LogP contribution in [0.4, 0.5) is 0 Å². The average molecular weight is 413 g/mol. The zero-order valence-corrected chi connectivity index (χ0v) is 17.8. The number of cyclic esters (lactones) is 1. The summed E-state index contributed by atoms with van der Waals surface area (Å²) in [4.78, 5) is 16.8. The summed E-state index contributed by atoms with van der Waals surface area (Å²) in [6.07, 6.45) is 1.71. The molecule has 0 spiro atoms. The van der Waals surface area contributed by atoms with Crippen molar-refractivity contribution in [1.82, 2.24) is 4.31 Å². The number of benzene rings is 2. The van der Waals surface area contributed by atoms with Gasteiger partial charge in [-0.15, -0.1) is 0 Å². The van der Waals surface area contributed by atoms with E-state index in [4.69, 9.17) is 4.74 Å². The van der Waals surface area contributed by atoms with Crippen molar-refractivity contribution in [2.75, 3.05) is 13.1 Å². The Hall–Kier alpha value is -2.77. The summed E-state index contributed by atoms with van der Waals surface area (Å²) in [6.45, 7) is 8.34. The van der Waals surface area contributed by atoms with E-state index in [1.807, 2.05) is 32.0 Å². The zero-order valence-electron chi connectivity index (χ0n) is 17.0. The lowest BCUT2D eigenvalue weighted by Crippen LogP contribution is -2.30. The van der Waals surface area contributed by atoms with Gasteiger partial charge in [-0.1, -0.05) is 37.6 Å². The molecule has 0 radical (unpaired) electrons. The van der Waals surface area contributed by atoms with Gasteiger partial charge in [-0.3, -0.25) is 0 Å². The minimum atomic E-state index is -3.54. The van der Waals surface area contributed by atoms with E-state index in [0.29, 0.717) is 18.7 Å². The Bertz CT molecular complexity index is 1100. The van der Waals surface area contributed by atoms with E-state index in [0.717, 1.165) is 16.7 Å². The van der Waals surface area contributed by atoms with E-state index >= 15 is 0 Å². The van der Waals surface area contributed by atoms with Crippen LogP contribution < -0.4 is 0 Å². The topological polar surface area (TPSA) is 76.0 Å². The maximum atomic E-state index is 12.6. The minimum Gasteiger partial charge on any atom is -0.402 e. The predicted octanol–water partition coefficient (Wildman–Crippen LogP) is 3.68. The van der Waals surface area contributed by atoms with Crippen molar-refractivity contribution in [3.63, 3.8) is 0 Å². The maximum Gasteiger partial charge on any atom is 0.363 e. The summed E-state index contributed by atoms with van der Waals surface area (Å²) in [5.41, 5.74) is 3.78. The Morgan fingerprint density at radius 2 is 1.69 bits per heavy atom. The number of carbonyl (C=O) groups excluding carboxylic acids is 1. The Morgan fingerprint density at radius 3 is 2.31 bits per heavy atom. The highest BCUT2D eigenvalue weighted by Crippen LogP contribution is 2.23. The molecule has 0 atom stereocenters. The Labute approximate surface area is 171 Å². The predicted molar refractivity (Wildman–Crippen MR) is 113 cm³/mol. The third-order valence-corrected chi connectivity index (χ3v) is 6.86. The fourth-order valence-electron chi connectivity index (χ4n) is 3.08. The molecular weight excluding hydrogens is 388 g/mol. The number of rotatable bonds is 6. The van der Waals surface area contributed by atoms with Crippen LogP contribution >= 0.6 is 0 Å². The molecule has 1 aliphatic heterocycles. The number of sulfonamides is 1. The van der Waals surface area contributed by atoms with Crippen molar-refractivity contribution < 1.29 is 17.9 Å². The fourth-order valence-corrected chi connectivity index (χ4v) is 4.54. The number of esters is 1. The van der Waals surface area contributed by atoms with Crippen molar-refractivity contribution in [1.29, 1.82) is 0 Å². The van der Waals surface area contributed by atoms with Gasteiger partial charge in [0.15, 0.2) is 5.70 Å². The van der Waals surface area contributed by atoms with Gasteiger partial charge >= 0.3 is 5.97 Å². The SMILES string of the molecule is CCN(CC)S(=O)(=O)c1ccc(C2=N/C(=C\c3cc(C)ccc3C)C(=O)O2)cc1. The van der Waals surface area contributed by atoms with Gasteiger partial charge in [0.1, 0.15) is 0 Å². The molecule has 0 N–H and O–H groups in total. The lowest BCUT2D eigenvalue weighted by Gasteiger charge is -2.18. The quantitative estimate of drug-likeness (QED) is 0.536. The molecule has 0 aromatic heterocycles. The van der Waals surface area contributed by atoms with Crippen LogP contribution in [0.25, 0.3) is 6.08 Å². The molecule has 0 fully saturated rings. The van der Waals surface area contributed by atoms with Crippen LogP contribution in [0.15, 0.2) is 58.0 Å². The van der Waals surface area contributed by atoms with Crippen LogP contribution in [-0.4, -0.2) is 37.7 Å². The van der Waals surface area contributed by atoms with Crippen LogP contribution in [0.5, 0.6) is 0 Å². The maximum absolute atomic E-state index is 12.6. The second kappa shape index (κ2) is 8.31. The largest absolute Gasteiger partial charge is 0.402 e. The molecule has 0 saturated carbocycles. The second-order valence-corrected chi connectivity index (χ2v) is 8.75. The van der Waals surface area contributed by atoms with Gasteiger partial charge in [-0.25, -0.2) is 18.2 Å². The van der Waals surface area contributed by atoms with Crippen LogP contribution in [0, 0.1) is 13.8 Å². The number of hydrogen-bond acceptors (Lipinski definition) is 5. The zero-order chi connectivity index (χ0) is 21.2. The molecule has 0 amide bonds. The third-order valence-electron chi connectivity index (χ3n) is 4.79. The minimum absolute atomic E-state index is 0.165. The molecule has 29 heavy (non-hydrogen) atoms. The van der Waals surface area contributed by atoms with Crippen molar-refractivity contribution in [3.8, 4) is 0 Å². The number of ether oxygens (including phenoxy) is 1. The number of nitrogens with zero attached hydrogens (tertiary/aromatic N) is 2. The molecular formula is C22H24N2O4S. The molecule has 7 heteroatoms. The highest BCUT2D eigenvalue weighted by molar-refractivity contribution is 7.89. The molecule has 1 aliphatic rings. The normalized spacial score (nSPS) is 15.7. The standard InChI is InChI=1S/C22H24N2O4S/c1-5-24(6-2)29(26,27)19-11-9-17(10-12-19)21-23-20(22(25)28-21)14-18-13-15(3)7-8-16(18)4/h7-14H,5-6H2,1-4H3/b20-14-. The number of aliphatic imine (C=N–C) groups is 1. The monoisotopic (exact) mass is 412 g/mol. The second-order valence-electron chi connectivity index (χ2n) is 6.81. The first-order chi connectivity index (χ1) is 13.8. The van der Waals surface area contributed by atoms with E-state index in [-0.39, 0.29) is 16.5 Å². The Kier molecular flexibility index (Phi) is 6.00. The third kappa shape index (κ3) is 4.31. The van der Waals surface area contributed by atoms with Gasteiger partial charge in [0, 0.05) is 18.7 Å². The summed E-state index contributed by atoms with van der Waals surface area (Å²) < 4.78 is 31.9. The number of carbonyl (C=O) groups is 1. The lowest BCUT2D eigenvalue weighted by molar-refractivity contribution is -0.129.